The van der Waals surface area contributed by atoms with Crippen LogP contribution in [0.5, 0.6) is 0 Å². The molecule has 0 aromatic carbocycles. The van der Waals surface area contributed by atoms with Crippen LogP contribution in [0.2, 0.25) is 5.82 Å². The van der Waals surface area contributed by atoms with E-state index in [0.717, 1.165) is 12.8 Å². The minimum atomic E-state index is -0.297. The van der Waals surface area contributed by atoms with E-state index in [1.54, 1.807) is 0 Å². The number of rotatable bonds is 6. The highest BCUT2D eigenvalue weighted by molar-refractivity contribution is 6.47. The first-order chi connectivity index (χ1) is 12.4. The lowest BCUT2D eigenvalue weighted by Crippen LogP contribution is -2.41. The molecule has 1 saturated carbocycles. The third-order valence-electron chi connectivity index (χ3n) is 6.72. The van der Waals surface area contributed by atoms with E-state index in [1.165, 1.54) is 37.0 Å². The SMILES string of the molecule is C=C(C)C[C@H](B1OC(C)(C)C(C)(C)O1)[C@@H](C)[C@H]1CCCCC/C1=N\N(C)C. The molecule has 3 atom stereocenters. The lowest BCUT2D eigenvalue weighted by molar-refractivity contribution is 0.00578. The zero-order valence-electron chi connectivity index (χ0n) is 19.0. The maximum Gasteiger partial charge on any atom is 0.461 e. The Morgan fingerprint density at radius 3 is 2.30 bits per heavy atom. The summed E-state index contributed by atoms with van der Waals surface area (Å²) in [4.78, 5) is 0. The molecule has 5 heteroatoms. The van der Waals surface area contributed by atoms with Gasteiger partial charge in [-0.3, -0.25) is 0 Å². The van der Waals surface area contributed by atoms with Crippen LogP contribution in [0.1, 0.15) is 80.1 Å². The second kappa shape index (κ2) is 8.69. The van der Waals surface area contributed by atoms with E-state index in [9.17, 15) is 0 Å². The van der Waals surface area contributed by atoms with E-state index >= 15 is 0 Å². The van der Waals surface area contributed by atoms with Crippen molar-refractivity contribution >= 4 is 12.8 Å². The molecule has 2 fully saturated rings. The third kappa shape index (κ3) is 5.38. The third-order valence-corrected chi connectivity index (χ3v) is 6.72. The number of hydrogen-bond donors (Lipinski definition) is 0. The monoisotopic (exact) mass is 376 g/mol. The van der Waals surface area contributed by atoms with Crippen molar-refractivity contribution in [3.05, 3.63) is 12.2 Å². The van der Waals surface area contributed by atoms with Crippen LogP contribution in [0.4, 0.5) is 0 Å². The Morgan fingerprint density at radius 1 is 1.19 bits per heavy atom. The Labute approximate surface area is 167 Å². The van der Waals surface area contributed by atoms with Gasteiger partial charge in [0.2, 0.25) is 0 Å². The Hall–Kier alpha value is -0.805. The highest BCUT2D eigenvalue weighted by Gasteiger charge is 2.55. The van der Waals surface area contributed by atoms with Crippen molar-refractivity contribution < 1.29 is 9.31 Å². The largest absolute Gasteiger partial charge is 0.461 e. The van der Waals surface area contributed by atoms with Gasteiger partial charge >= 0.3 is 7.12 Å². The normalized spacial score (nSPS) is 28.7. The molecule has 1 saturated heterocycles. The fourth-order valence-electron chi connectivity index (χ4n) is 4.44. The Balaban J connectivity index is 2.30. The standard InChI is InChI=1S/C22H41BN2O2/c1-16(2)15-19(23-26-21(4,5)22(6,7)27-23)17(3)18-13-11-10-12-14-20(18)24-25(8)9/h17-19H,1,10-15H2,2-9H3/b24-20+/t17-,18+,19-/m0/s1. The van der Waals surface area contributed by atoms with E-state index in [1.807, 2.05) is 19.1 Å². The first kappa shape index (κ1) is 22.5. The summed E-state index contributed by atoms with van der Waals surface area (Å²) >= 11 is 0. The van der Waals surface area contributed by atoms with Crippen LogP contribution in [-0.4, -0.2) is 43.1 Å². The van der Waals surface area contributed by atoms with Crippen LogP contribution in [0.15, 0.2) is 17.3 Å². The molecule has 1 aliphatic heterocycles. The fraction of sp³-hybridized carbons (Fsp3) is 0.864. The molecule has 0 bridgehead atoms. The highest BCUT2D eigenvalue weighted by Crippen LogP contribution is 2.46. The molecule has 0 radical (unpaired) electrons. The van der Waals surface area contributed by atoms with E-state index in [-0.39, 0.29) is 18.3 Å². The Bertz CT molecular complexity index is 541. The zero-order chi connectivity index (χ0) is 20.4. The van der Waals surface area contributed by atoms with Gasteiger partial charge in [0.25, 0.3) is 0 Å². The van der Waals surface area contributed by atoms with Gasteiger partial charge in [-0.15, -0.1) is 6.58 Å². The molecular formula is C22H41BN2O2. The average Bonchev–Trinajstić information content (AvgIpc) is 2.67. The average molecular weight is 376 g/mol. The summed E-state index contributed by atoms with van der Waals surface area (Å²) in [6.07, 6.45) is 7.08. The molecule has 0 amide bonds. The molecular weight excluding hydrogens is 335 g/mol. The first-order valence-electron chi connectivity index (χ1n) is 10.7. The lowest BCUT2D eigenvalue weighted by Gasteiger charge is -2.33. The second-order valence-electron chi connectivity index (χ2n) is 9.95. The van der Waals surface area contributed by atoms with Crippen LogP contribution in [0, 0.1) is 11.8 Å². The van der Waals surface area contributed by atoms with Crippen LogP contribution >= 0.6 is 0 Å². The minimum Gasteiger partial charge on any atom is -0.403 e. The van der Waals surface area contributed by atoms with Crippen LogP contribution in [-0.2, 0) is 9.31 Å². The molecule has 0 aromatic heterocycles. The summed E-state index contributed by atoms with van der Waals surface area (Å²) in [5.74, 6) is 1.21. The van der Waals surface area contributed by atoms with E-state index in [0.29, 0.717) is 17.7 Å². The van der Waals surface area contributed by atoms with Crippen LogP contribution in [0.25, 0.3) is 0 Å². The summed E-state index contributed by atoms with van der Waals surface area (Å²) < 4.78 is 12.9. The molecule has 1 heterocycles. The molecule has 4 nitrogen and oxygen atoms in total. The van der Waals surface area contributed by atoms with Gasteiger partial charge in [-0.1, -0.05) is 25.3 Å². The van der Waals surface area contributed by atoms with Crippen molar-refractivity contribution in [1.82, 2.24) is 5.01 Å². The molecule has 0 unspecified atom stereocenters. The smallest absolute Gasteiger partial charge is 0.403 e. The number of allylic oxidation sites excluding steroid dienone is 1. The van der Waals surface area contributed by atoms with Gasteiger partial charge in [-0.05, 0) is 66.2 Å². The predicted molar refractivity (Wildman–Crippen MR) is 116 cm³/mol. The van der Waals surface area contributed by atoms with Gasteiger partial charge < -0.3 is 14.3 Å². The molecule has 0 N–H and O–H groups in total. The van der Waals surface area contributed by atoms with Crippen molar-refractivity contribution in [1.29, 1.82) is 0 Å². The number of hydrazone groups is 1. The van der Waals surface area contributed by atoms with E-state index in [2.05, 4.69) is 48.1 Å². The summed E-state index contributed by atoms with van der Waals surface area (Å²) in [6, 6.07) is 0. The summed E-state index contributed by atoms with van der Waals surface area (Å²) in [5, 5.41) is 6.85. The topological polar surface area (TPSA) is 34.1 Å². The van der Waals surface area contributed by atoms with E-state index < -0.39 is 0 Å². The second-order valence-corrected chi connectivity index (χ2v) is 9.95. The molecule has 2 aliphatic rings. The van der Waals surface area contributed by atoms with Gasteiger partial charge in [0.15, 0.2) is 0 Å². The van der Waals surface area contributed by atoms with E-state index in [4.69, 9.17) is 14.4 Å². The highest BCUT2D eigenvalue weighted by atomic mass is 16.7. The predicted octanol–water partition coefficient (Wildman–Crippen LogP) is 5.55. The Kier molecular flexibility index (Phi) is 7.24. The van der Waals surface area contributed by atoms with Crippen molar-refractivity contribution in [2.45, 2.75) is 97.1 Å². The van der Waals surface area contributed by atoms with Gasteiger partial charge in [-0.2, -0.15) is 5.10 Å². The molecule has 0 aromatic rings. The quantitative estimate of drug-likeness (QED) is 0.264. The number of hydrogen-bond acceptors (Lipinski definition) is 4. The summed E-state index contributed by atoms with van der Waals surface area (Å²) in [5.41, 5.74) is 1.96. The van der Waals surface area contributed by atoms with Gasteiger partial charge in [0.1, 0.15) is 0 Å². The van der Waals surface area contributed by atoms with Gasteiger partial charge in [-0.25, -0.2) is 0 Å². The lowest BCUT2D eigenvalue weighted by atomic mass is 9.59. The first-order valence-corrected chi connectivity index (χ1v) is 10.7. The van der Waals surface area contributed by atoms with Crippen molar-refractivity contribution in [2.75, 3.05) is 14.1 Å². The van der Waals surface area contributed by atoms with Gasteiger partial charge in [0, 0.05) is 31.5 Å². The van der Waals surface area contributed by atoms with Crippen molar-refractivity contribution in [3.8, 4) is 0 Å². The molecule has 0 spiro atoms. The summed E-state index contributed by atoms with van der Waals surface area (Å²) in [6.45, 7) is 17.3. The zero-order valence-corrected chi connectivity index (χ0v) is 19.0. The van der Waals surface area contributed by atoms with Crippen LogP contribution < -0.4 is 0 Å². The Morgan fingerprint density at radius 2 is 1.78 bits per heavy atom. The molecule has 154 valence electrons. The molecule has 2 rings (SSSR count). The van der Waals surface area contributed by atoms with Crippen LogP contribution in [0.3, 0.4) is 0 Å². The maximum atomic E-state index is 6.47. The maximum absolute atomic E-state index is 6.47. The van der Waals surface area contributed by atoms with Crippen molar-refractivity contribution in [3.63, 3.8) is 0 Å². The summed E-state index contributed by atoms with van der Waals surface area (Å²) in [7, 11) is 3.86. The minimum absolute atomic E-state index is 0.189. The molecule has 27 heavy (non-hydrogen) atoms. The number of nitrogens with zero attached hydrogens (tertiary/aromatic N) is 2. The fourth-order valence-corrected chi connectivity index (χ4v) is 4.44. The van der Waals surface area contributed by atoms with Gasteiger partial charge in [0.05, 0.1) is 11.2 Å². The molecule has 1 aliphatic carbocycles. The van der Waals surface area contributed by atoms with Crippen molar-refractivity contribution in [2.24, 2.45) is 16.9 Å².